The first-order valence-corrected chi connectivity index (χ1v) is 30.4. The number of carbonyl (C=O) groups excluding carboxylic acids is 3. The topological polar surface area (TPSA) is 78.9 Å². The summed E-state index contributed by atoms with van der Waals surface area (Å²) in [5.74, 6) is -0.896. The van der Waals surface area contributed by atoms with Gasteiger partial charge in [-0.05, 0) is 116 Å². The van der Waals surface area contributed by atoms with Crippen LogP contribution in [0.4, 0.5) is 0 Å². The largest absolute Gasteiger partial charge is 0.462 e. The fraction of sp³-hybridized carbons (Fsp3) is 0.769. The molecule has 0 aliphatic heterocycles. The van der Waals surface area contributed by atoms with E-state index in [4.69, 9.17) is 14.2 Å². The Morgan fingerprint density at radius 1 is 0.282 bits per heavy atom. The normalized spacial score (nSPS) is 12.5. The van der Waals surface area contributed by atoms with Crippen LogP contribution in [0.2, 0.25) is 0 Å². The maximum atomic E-state index is 12.9. The van der Waals surface area contributed by atoms with Crippen LogP contribution >= 0.6 is 0 Å². The predicted molar refractivity (Wildman–Crippen MR) is 307 cm³/mol. The van der Waals surface area contributed by atoms with E-state index in [0.29, 0.717) is 19.3 Å². The molecule has 71 heavy (non-hydrogen) atoms. The van der Waals surface area contributed by atoms with Gasteiger partial charge in [-0.15, -0.1) is 0 Å². The van der Waals surface area contributed by atoms with E-state index in [1.165, 1.54) is 167 Å². The highest BCUT2D eigenvalue weighted by molar-refractivity contribution is 5.71. The molecule has 0 rings (SSSR count). The SMILES string of the molecule is CCCCC/C=C\C/C=C\CCCCCCCCCC(=O)OCC(COC(=O)CCCCCCCCC/C=C\C/C=C\CCCCCC)OC(=O)CCCCCCCCC/C=C\C/C=C\CCCCCC. The molecular weight excluding hydrogens is 877 g/mol. The minimum atomic E-state index is -0.787. The Bertz CT molecular complexity index is 1320. The van der Waals surface area contributed by atoms with E-state index in [9.17, 15) is 14.4 Å². The molecule has 0 saturated carbocycles. The van der Waals surface area contributed by atoms with Crippen molar-refractivity contribution < 1.29 is 28.6 Å². The second-order valence-electron chi connectivity index (χ2n) is 20.2. The van der Waals surface area contributed by atoms with Crippen molar-refractivity contribution in [2.24, 2.45) is 0 Å². The molecule has 0 radical (unpaired) electrons. The molecule has 0 aliphatic rings. The molecule has 0 aliphatic carbocycles. The molecule has 6 nitrogen and oxygen atoms in total. The van der Waals surface area contributed by atoms with Gasteiger partial charge >= 0.3 is 17.9 Å². The van der Waals surface area contributed by atoms with Crippen molar-refractivity contribution in [3.63, 3.8) is 0 Å². The summed E-state index contributed by atoms with van der Waals surface area (Å²) in [4.78, 5) is 38.3. The number of hydrogen-bond donors (Lipinski definition) is 0. The summed E-state index contributed by atoms with van der Waals surface area (Å²) in [6, 6.07) is 0. The number of esters is 3. The molecule has 1 atom stereocenters. The van der Waals surface area contributed by atoms with Crippen LogP contribution in [0, 0.1) is 0 Å². The first-order chi connectivity index (χ1) is 35.0. The van der Waals surface area contributed by atoms with Gasteiger partial charge in [0.05, 0.1) is 0 Å². The molecule has 6 heteroatoms. The van der Waals surface area contributed by atoms with Gasteiger partial charge in [0.15, 0.2) is 6.10 Å². The second kappa shape index (κ2) is 59.4. The van der Waals surface area contributed by atoms with Gasteiger partial charge < -0.3 is 14.2 Å². The monoisotopic (exact) mass is 991 g/mol. The Morgan fingerprint density at radius 2 is 0.507 bits per heavy atom. The third kappa shape index (κ3) is 57.6. The lowest BCUT2D eigenvalue weighted by Crippen LogP contribution is -2.30. The molecule has 0 aromatic heterocycles. The van der Waals surface area contributed by atoms with Crippen LogP contribution in [-0.2, 0) is 28.6 Å². The highest BCUT2D eigenvalue weighted by Crippen LogP contribution is 2.15. The van der Waals surface area contributed by atoms with Crippen LogP contribution in [-0.4, -0.2) is 37.2 Å². The third-order valence-electron chi connectivity index (χ3n) is 13.2. The zero-order chi connectivity index (χ0) is 51.4. The van der Waals surface area contributed by atoms with Crippen molar-refractivity contribution in [1.29, 1.82) is 0 Å². The maximum absolute atomic E-state index is 12.9. The van der Waals surface area contributed by atoms with Crippen molar-refractivity contribution >= 4 is 17.9 Å². The molecule has 0 amide bonds. The van der Waals surface area contributed by atoms with Gasteiger partial charge in [-0.3, -0.25) is 14.4 Å². The minimum absolute atomic E-state index is 0.0847. The first-order valence-electron chi connectivity index (χ1n) is 30.4. The molecule has 0 saturated heterocycles. The Kier molecular flexibility index (Phi) is 56.8. The van der Waals surface area contributed by atoms with E-state index in [1.807, 2.05) is 0 Å². The molecule has 0 N–H and O–H groups in total. The van der Waals surface area contributed by atoms with E-state index in [-0.39, 0.29) is 31.1 Å². The number of carbonyl (C=O) groups is 3. The Labute approximate surface area is 440 Å². The number of ether oxygens (including phenoxy) is 3. The van der Waals surface area contributed by atoms with E-state index in [1.54, 1.807) is 0 Å². The lowest BCUT2D eigenvalue weighted by atomic mass is 10.1. The van der Waals surface area contributed by atoms with Crippen LogP contribution in [0.15, 0.2) is 72.9 Å². The van der Waals surface area contributed by atoms with Crippen molar-refractivity contribution in [1.82, 2.24) is 0 Å². The zero-order valence-electron chi connectivity index (χ0n) is 47.0. The standard InChI is InChI=1S/C65H114O6/c1-4-7-10-13-16-19-22-25-28-31-34-37-40-43-46-49-52-55-58-64(67)70-61-62(60-69-63(66)57-54-51-48-45-42-39-36-33-30-27-24-21-18-15-12-9-6-3)71-65(68)59-56-53-50-47-44-41-38-35-32-29-26-23-20-17-14-11-8-5-2/h18-23,27-32,62H,4-17,24-26,33-61H2,1-3H3/b21-18-,22-19-,23-20-,30-27-,31-28-,32-29-. The fourth-order valence-electron chi connectivity index (χ4n) is 8.53. The zero-order valence-corrected chi connectivity index (χ0v) is 47.0. The highest BCUT2D eigenvalue weighted by atomic mass is 16.6. The van der Waals surface area contributed by atoms with Crippen LogP contribution in [0.5, 0.6) is 0 Å². The van der Waals surface area contributed by atoms with E-state index >= 15 is 0 Å². The molecule has 1 unspecified atom stereocenters. The lowest BCUT2D eigenvalue weighted by molar-refractivity contribution is -0.167. The minimum Gasteiger partial charge on any atom is -0.462 e. The van der Waals surface area contributed by atoms with Crippen molar-refractivity contribution in [2.45, 2.75) is 309 Å². The van der Waals surface area contributed by atoms with Gasteiger partial charge in [-0.25, -0.2) is 0 Å². The summed E-state index contributed by atoms with van der Waals surface area (Å²) in [5, 5.41) is 0. The van der Waals surface area contributed by atoms with Crippen LogP contribution < -0.4 is 0 Å². The first kappa shape index (κ1) is 67.8. The number of unbranched alkanes of at least 4 members (excludes halogenated alkanes) is 32. The van der Waals surface area contributed by atoms with Gasteiger partial charge in [0.1, 0.15) is 13.2 Å². The van der Waals surface area contributed by atoms with Crippen LogP contribution in [0.3, 0.4) is 0 Å². The number of rotatable bonds is 55. The quantitative estimate of drug-likeness (QED) is 0.0261. The Balaban J connectivity index is 4.42. The van der Waals surface area contributed by atoms with Crippen LogP contribution in [0.25, 0.3) is 0 Å². The van der Waals surface area contributed by atoms with Crippen molar-refractivity contribution in [2.75, 3.05) is 13.2 Å². The molecule has 0 bridgehead atoms. The van der Waals surface area contributed by atoms with E-state index < -0.39 is 6.10 Å². The molecule has 410 valence electrons. The van der Waals surface area contributed by atoms with Gasteiger partial charge in [-0.2, -0.15) is 0 Å². The molecule has 0 fully saturated rings. The van der Waals surface area contributed by atoms with Gasteiger partial charge in [0, 0.05) is 19.3 Å². The smallest absolute Gasteiger partial charge is 0.306 e. The fourth-order valence-corrected chi connectivity index (χ4v) is 8.53. The van der Waals surface area contributed by atoms with Crippen molar-refractivity contribution in [3.05, 3.63) is 72.9 Å². The summed E-state index contributed by atoms with van der Waals surface area (Å²) >= 11 is 0. The summed E-state index contributed by atoms with van der Waals surface area (Å²) in [6.45, 7) is 6.59. The average Bonchev–Trinajstić information content (AvgIpc) is 3.37. The summed E-state index contributed by atoms with van der Waals surface area (Å²) in [5.41, 5.74) is 0. The van der Waals surface area contributed by atoms with Crippen LogP contribution in [0.1, 0.15) is 303 Å². The van der Waals surface area contributed by atoms with Crippen molar-refractivity contribution in [3.8, 4) is 0 Å². The predicted octanol–water partition coefficient (Wildman–Crippen LogP) is 20.5. The average molecular weight is 992 g/mol. The second-order valence-corrected chi connectivity index (χ2v) is 20.2. The van der Waals surface area contributed by atoms with Gasteiger partial charge in [0.2, 0.25) is 0 Å². The molecule has 0 spiro atoms. The summed E-state index contributed by atoms with van der Waals surface area (Å²) in [7, 11) is 0. The molecule has 0 aromatic carbocycles. The summed E-state index contributed by atoms with van der Waals surface area (Å²) in [6.07, 6.45) is 76.0. The molecular formula is C65H114O6. The number of allylic oxidation sites excluding steroid dienone is 12. The van der Waals surface area contributed by atoms with E-state index in [0.717, 1.165) is 96.3 Å². The molecule has 0 aromatic rings. The third-order valence-corrected chi connectivity index (χ3v) is 13.2. The van der Waals surface area contributed by atoms with Gasteiger partial charge in [0.25, 0.3) is 0 Å². The highest BCUT2D eigenvalue weighted by Gasteiger charge is 2.19. The Hall–Kier alpha value is -3.15. The lowest BCUT2D eigenvalue weighted by Gasteiger charge is -2.18. The molecule has 0 heterocycles. The van der Waals surface area contributed by atoms with E-state index in [2.05, 4.69) is 93.7 Å². The van der Waals surface area contributed by atoms with Gasteiger partial charge in [-0.1, -0.05) is 241 Å². The maximum Gasteiger partial charge on any atom is 0.306 e. The number of hydrogen-bond acceptors (Lipinski definition) is 6. The summed E-state index contributed by atoms with van der Waals surface area (Å²) < 4.78 is 16.9. The Morgan fingerprint density at radius 3 is 0.803 bits per heavy atom.